The molecule has 2 aromatic rings. The molecule has 2 aromatic carbocycles. The molecule has 0 amide bonds. The number of anilines is 1. The Balaban J connectivity index is 0.000000845. The SMILES string of the molecule is CC.CCOC.Nc1ccc(SCc2ccccc2)cc1/C=C/C=O. The number of nitrogens with two attached hydrogens (primary N) is 1. The summed E-state index contributed by atoms with van der Waals surface area (Å²) in [6.07, 6.45) is 3.94. The molecule has 0 bridgehead atoms. The highest BCUT2D eigenvalue weighted by molar-refractivity contribution is 7.98. The lowest BCUT2D eigenvalue weighted by molar-refractivity contribution is -0.104. The van der Waals surface area contributed by atoms with Crippen molar-refractivity contribution in [3.05, 3.63) is 65.7 Å². The van der Waals surface area contributed by atoms with Crippen molar-refractivity contribution in [2.45, 2.75) is 31.4 Å². The van der Waals surface area contributed by atoms with E-state index in [-0.39, 0.29) is 0 Å². The normalized spacial score (nSPS) is 9.60. The Labute approximate surface area is 156 Å². The molecule has 4 heteroatoms. The minimum atomic E-state index is 0.683. The molecule has 2 rings (SSSR count). The Hall–Kier alpha value is -2.04. The zero-order chi connectivity index (χ0) is 18.9. The number of ether oxygens (including phenoxy) is 1. The van der Waals surface area contributed by atoms with Gasteiger partial charge in [-0.15, -0.1) is 11.8 Å². The van der Waals surface area contributed by atoms with Crippen molar-refractivity contribution in [3.8, 4) is 0 Å². The Morgan fingerprint density at radius 2 is 1.76 bits per heavy atom. The van der Waals surface area contributed by atoms with Crippen LogP contribution in [0.5, 0.6) is 0 Å². The van der Waals surface area contributed by atoms with Gasteiger partial charge in [-0.3, -0.25) is 4.79 Å². The summed E-state index contributed by atoms with van der Waals surface area (Å²) in [6.45, 7) is 6.78. The molecule has 0 fully saturated rings. The van der Waals surface area contributed by atoms with E-state index in [0.717, 1.165) is 29.1 Å². The summed E-state index contributed by atoms with van der Waals surface area (Å²) >= 11 is 1.75. The summed E-state index contributed by atoms with van der Waals surface area (Å²) in [6, 6.07) is 16.2. The van der Waals surface area contributed by atoms with Gasteiger partial charge in [0.05, 0.1) is 0 Å². The van der Waals surface area contributed by atoms with Crippen molar-refractivity contribution in [1.82, 2.24) is 0 Å². The van der Waals surface area contributed by atoms with Crippen LogP contribution in [0.3, 0.4) is 0 Å². The molecule has 2 N–H and O–H groups in total. The van der Waals surface area contributed by atoms with E-state index < -0.39 is 0 Å². The summed E-state index contributed by atoms with van der Waals surface area (Å²) < 4.78 is 4.54. The maximum atomic E-state index is 10.4. The van der Waals surface area contributed by atoms with Crippen LogP contribution in [0, 0.1) is 0 Å². The molecule has 0 spiro atoms. The molecule has 0 heterocycles. The molecule has 0 radical (unpaired) electrons. The van der Waals surface area contributed by atoms with Crippen molar-refractivity contribution in [2.24, 2.45) is 0 Å². The molecule has 0 saturated heterocycles. The predicted molar refractivity (Wildman–Crippen MR) is 111 cm³/mol. The molecule has 0 aliphatic heterocycles. The second-order valence-corrected chi connectivity index (χ2v) is 5.69. The Kier molecular flexibility index (Phi) is 14.2. The number of carbonyl (C=O) groups excluding carboxylic acids is 1. The fraction of sp³-hybridized carbons (Fsp3) is 0.286. The first-order chi connectivity index (χ1) is 12.2. The maximum Gasteiger partial charge on any atom is 0.142 e. The lowest BCUT2D eigenvalue weighted by Crippen LogP contribution is -1.89. The number of hydrogen-bond acceptors (Lipinski definition) is 4. The molecule has 0 aliphatic carbocycles. The summed E-state index contributed by atoms with van der Waals surface area (Å²) in [5, 5.41) is 0. The van der Waals surface area contributed by atoms with E-state index in [2.05, 4.69) is 16.9 Å². The number of rotatable bonds is 6. The number of methoxy groups -OCH3 is 1. The lowest BCUT2D eigenvalue weighted by atomic mass is 10.2. The monoisotopic (exact) mass is 359 g/mol. The first-order valence-corrected chi connectivity index (χ1v) is 9.36. The fourth-order valence-electron chi connectivity index (χ4n) is 1.67. The van der Waals surface area contributed by atoms with Crippen LogP contribution in [0.4, 0.5) is 5.69 Å². The number of hydrogen-bond donors (Lipinski definition) is 1. The third-order valence-electron chi connectivity index (χ3n) is 2.95. The molecule has 0 unspecified atom stereocenters. The van der Waals surface area contributed by atoms with Gasteiger partial charge in [0.2, 0.25) is 0 Å². The topological polar surface area (TPSA) is 52.3 Å². The van der Waals surface area contributed by atoms with Crippen molar-refractivity contribution in [3.63, 3.8) is 0 Å². The third-order valence-corrected chi connectivity index (χ3v) is 4.01. The Bertz CT molecular complexity index is 611. The minimum Gasteiger partial charge on any atom is -0.398 e. The molecular formula is C21H29NO2S. The minimum absolute atomic E-state index is 0.683. The van der Waals surface area contributed by atoms with Gasteiger partial charge >= 0.3 is 0 Å². The van der Waals surface area contributed by atoms with E-state index >= 15 is 0 Å². The predicted octanol–water partition coefficient (Wildman–Crippen LogP) is 5.45. The largest absolute Gasteiger partial charge is 0.398 e. The highest BCUT2D eigenvalue weighted by atomic mass is 32.2. The molecule has 0 aromatic heterocycles. The van der Waals surface area contributed by atoms with E-state index in [0.29, 0.717) is 5.69 Å². The lowest BCUT2D eigenvalue weighted by Gasteiger charge is -2.05. The van der Waals surface area contributed by atoms with Crippen molar-refractivity contribution < 1.29 is 9.53 Å². The highest BCUT2D eigenvalue weighted by Crippen LogP contribution is 2.26. The van der Waals surface area contributed by atoms with E-state index in [1.165, 1.54) is 11.6 Å². The molecule has 0 aliphatic rings. The van der Waals surface area contributed by atoms with E-state index in [1.54, 1.807) is 24.9 Å². The van der Waals surface area contributed by atoms with Gasteiger partial charge in [-0.05, 0) is 48.4 Å². The number of nitrogen functional groups attached to an aromatic ring is 1. The molecule has 25 heavy (non-hydrogen) atoms. The van der Waals surface area contributed by atoms with Crippen molar-refractivity contribution in [1.29, 1.82) is 0 Å². The zero-order valence-corrected chi connectivity index (χ0v) is 16.4. The standard InChI is InChI=1S/C16H15NOS.C3H8O.C2H6/c17-16-9-8-15(11-14(16)7-4-10-18)19-12-13-5-2-1-3-6-13;1-3-4-2;1-2/h1-11H,12,17H2;3H2,1-2H3;1-2H3/b7-4+;;. The first-order valence-electron chi connectivity index (χ1n) is 8.38. The van der Waals surface area contributed by atoms with Gasteiger partial charge in [0.15, 0.2) is 0 Å². The first kappa shape index (κ1) is 23.0. The van der Waals surface area contributed by atoms with E-state index in [1.807, 2.05) is 57.2 Å². The van der Waals surface area contributed by atoms with Crippen LogP contribution in [-0.4, -0.2) is 20.0 Å². The molecule has 3 nitrogen and oxygen atoms in total. The zero-order valence-electron chi connectivity index (χ0n) is 15.6. The summed E-state index contributed by atoms with van der Waals surface area (Å²) in [4.78, 5) is 11.5. The number of thioether (sulfide) groups is 1. The second kappa shape index (κ2) is 15.5. The summed E-state index contributed by atoms with van der Waals surface area (Å²) in [7, 11) is 1.68. The summed E-state index contributed by atoms with van der Waals surface area (Å²) in [5.41, 5.74) is 8.71. The Morgan fingerprint density at radius 1 is 1.12 bits per heavy atom. The van der Waals surface area contributed by atoms with Crippen LogP contribution in [0.2, 0.25) is 0 Å². The van der Waals surface area contributed by atoms with Crippen LogP contribution in [-0.2, 0) is 15.3 Å². The smallest absolute Gasteiger partial charge is 0.142 e. The van der Waals surface area contributed by atoms with Gasteiger partial charge in [-0.2, -0.15) is 0 Å². The molecule has 136 valence electrons. The fourth-order valence-corrected chi connectivity index (χ4v) is 2.57. The number of aldehydes is 1. The number of allylic oxidation sites excluding steroid dienone is 1. The Morgan fingerprint density at radius 3 is 2.32 bits per heavy atom. The average molecular weight is 360 g/mol. The number of carbonyl (C=O) groups is 1. The van der Waals surface area contributed by atoms with Crippen molar-refractivity contribution in [2.75, 3.05) is 19.5 Å². The quantitative estimate of drug-likeness (QED) is 0.322. The van der Waals surface area contributed by atoms with Crippen LogP contribution < -0.4 is 5.73 Å². The van der Waals surface area contributed by atoms with Gasteiger partial charge in [-0.1, -0.05) is 44.2 Å². The third kappa shape index (κ3) is 10.4. The molecule has 0 atom stereocenters. The van der Waals surface area contributed by atoms with Crippen LogP contribution in [0.25, 0.3) is 6.08 Å². The van der Waals surface area contributed by atoms with Crippen LogP contribution in [0.15, 0.2) is 59.5 Å². The number of benzene rings is 2. The van der Waals surface area contributed by atoms with Gasteiger partial charge in [0.25, 0.3) is 0 Å². The van der Waals surface area contributed by atoms with Gasteiger partial charge in [0.1, 0.15) is 6.29 Å². The van der Waals surface area contributed by atoms with Crippen LogP contribution >= 0.6 is 11.8 Å². The van der Waals surface area contributed by atoms with E-state index in [4.69, 9.17) is 5.73 Å². The summed E-state index contributed by atoms with van der Waals surface area (Å²) in [5.74, 6) is 0.918. The van der Waals surface area contributed by atoms with Gasteiger partial charge in [0, 0.05) is 30.1 Å². The highest BCUT2D eigenvalue weighted by Gasteiger charge is 2.00. The van der Waals surface area contributed by atoms with Crippen molar-refractivity contribution >= 4 is 29.8 Å². The average Bonchev–Trinajstić information content (AvgIpc) is 2.69. The van der Waals surface area contributed by atoms with Gasteiger partial charge in [-0.25, -0.2) is 0 Å². The molecular weight excluding hydrogens is 330 g/mol. The second-order valence-electron chi connectivity index (χ2n) is 4.64. The van der Waals surface area contributed by atoms with E-state index in [9.17, 15) is 4.79 Å². The maximum absolute atomic E-state index is 10.4. The molecule has 0 saturated carbocycles. The van der Waals surface area contributed by atoms with Crippen LogP contribution in [0.1, 0.15) is 31.9 Å². The van der Waals surface area contributed by atoms with Gasteiger partial charge < -0.3 is 10.5 Å².